The van der Waals surface area contributed by atoms with Crippen molar-refractivity contribution < 1.29 is 4.74 Å². The summed E-state index contributed by atoms with van der Waals surface area (Å²) in [6, 6.07) is 12.4. The van der Waals surface area contributed by atoms with Gasteiger partial charge in [0.1, 0.15) is 5.75 Å². The fourth-order valence-electron chi connectivity index (χ4n) is 3.21. The summed E-state index contributed by atoms with van der Waals surface area (Å²) in [5.41, 5.74) is 2.50. The average Bonchev–Trinajstić information content (AvgIpc) is 2.62. The van der Waals surface area contributed by atoms with Crippen molar-refractivity contribution in [3.05, 3.63) is 57.0 Å². The molecule has 0 radical (unpaired) electrons. The summed E-state index contributed by atoms with van der Waals surface area (Å²) in [5, 5.41) is 0.841. The quantitative estimate of drug-likeness (QED) is 0.483. The smallest absolute Gasteiger partial charge is 0.122 e. The molecule has 25 heavy (non-hydrogen) atoms. The highest BCUT2D eigenvalue weighted by Crippen LogP contribution is 2.36. The molecule has 2 nitrogen and oxygen atoms in total. The Morgan fingerprint density at radius 3 is 2.68 bits per heavy atom. The van der Waals surface area contributed by atoms with Crippen molar-refractivity contribution in [3.8, 4) is 5.75 Å². The molecular weight excluding hydrogens is 418 g/mol. The molecule has 2 aromatic rings. The minimum Gasteiger partial charge on any atom is -0.496 e. The third-order valence-electron chi connectivity index (χ3n) is 4.51. The zero-order valence-corrected chi connectivity index (χ0v) is 17.6. The number of hydrogen-bond acceptors (Lipinski definition) is 3. The van der Waals surface area contributed by atoms with E-state index in [0.29, 0.717) is 0 Å². The number of nitrogens with zero attached hydrogens (tertiary/aromatic N) is 1. The molecule has 0 spiro atoms. The Kier molecular flexibility index (Phi) is 7.11. The molecular formula is C20H23BrClNOS. The number of hydrogen-bond donors (Lipinski definition) is 0. The molecule has 1 aliphatic rings. The third-order valence-corrected chi connectivity index (χ3v) is 6.65. The van der Waals surface area contributed by atoms with Gasteiger partial charge in [-0.2, -0.15) is 0 Å². The minimum absolute atomic E-state index is 0.833. The van der Waals surface area contributed by atoms with Crippen LogP contribution in [-0.2, 0) is 12.3 Å². The molecule has 0 amide bonds. The lowest BCUT2D eigenvalue weighted by molar-refractivity contribution is 0.219. The van der Waals surface area contributed by atoms with Crippen molar-refractivity contribution in [3.63, 3.8) is 0 Å². The van der Waals surface area contributed by atoms with Gasteiger partial charge >= 0.3 is 0 Å². The maximum atomic E-state index is 6.54. The second-order valence-electron chi connectivity index (χ2n) is 6.31. The van der Waals surface area contributed by atoms with Gasteiger partial charge in [-0.3, -0.25) is 4.90 Å². The average molecular weight is 441 g/mol. The second-order valence-corrected chi connectivity index (χ2v) is 8.62. The molecule has 0 bridgehead atoms. The number of rotatable bonds is 6. The molecule has 1 heterocycles. The van der Waals surface area contributed by atoms with Crippen LogP contribution in [-0.4, -0.2) is 25.1 Å². The monoisotopic (exact) mass is 439 g/mol. The summed E-state index contributed by atoms with van der Waals surface area (Å²) in [6.45, 7) is 3.37. The highest BCUT2D eigenvalue weighted by molar-refractivity contribution is 9.10. The van der Waals surface area contributed by atoms with Gasteiger partial charge < -0.3 is 4.74 Å². The molecule has 1 aliphatic heterocycles. The lowest BCUT2D eigenvalue weighted by Crippen LogP contribution is -2.29. The van der Waals surface area contributed by atoms with Crippen LogP contribution in [0.15, 0.2) is 45.8 Å². The number of halogens is 2. The van der Waals surface area contributed by atoms with Crippen LogP contribution in [0.3, 0.4) is 0 Å². The minimum atomic E-state index is 0.833. The highest BCUT2D eigenvalue weighted by atomic mass is 79.9. The molecule has 1 fully saturated rings. The van der Waals surface area contributed by atoms with Gasteiger partial charge in [0.05, 0.1) is 12.1 Å². The first kappa shape index (κ1) is 19.1. The number of piperidine rings is 1. The van der Waals surface area contributed by atoms with Crippen LogP contribution >= 0.6 is 39.3 Å². The molecule has 5 heteroatoms. The van der Waals surface area contributed by atoms with Crippen LogP contribution in [0.4, 0.5) is 0 Å². The molecule has 0 unspecified atom stereocenters. The molecule has 0 aliphatic carbocycles. The van der Waals surface area contributed by atoms with E-state index in [1.165, 1.54) is 48.4 Å². The summed E-state index contributed by atoms with van der Waals surface area (Å²) in [6.07, 6.45) is 3.97. The summed E-state index contributed by atoms with van der Waals surface area (Å²) in [5.74, 6) is 1.75. The Balaban J connectivity index is 1.76. The summed E-state index contributed by atoms with van der Waals surface area (Å²) >= 11 is 11.9. The van der Waals surface area contributed by atoms with Gasteiger partial charge in [0, 0.05) is 27.2 Å². The Bertz CT molecular complexity index is 719. The van der Waals surface area contributed by atoms with Gasteiger partial charge in [-0.15, -0.1) is 11.8 Å². The Hall–Kier alpha value is -0.680. The molecule has 134 valence electrons. The van der Waals surface area contributed by atoms with Crippen LogP contribution < -0.4 is 4.74 Å². The summed E-state index contributed by atoms with van der Waals surface area (Å²) in [4.78, 5) is 3.73. The first-order valence-electron chi connectivity index (χ1n) is 8.62. The lowest BCUT2D eigenvalue weighted by atomic mass is 10.1. The van der Waals surface area contributed by atoms with E-state index in [9.17, 15) is 0 Å². The molecule has 0 saturated carbocycles. The first-order chi connectivity index (χ1) is 12.2. The van der Waals surface area contributed by atoms with E-state index in [-0.39, 0.29) is 0 Å². The van der Waals surface area contributed by atoms with Gasteiger partial charge in [-0.05, 0) is 55.8 Å². The number of likely N-dealkylation sites (tertiary alicyclic amines) is 1. The van der Waals surface area contributed by atoms with Gasteiger partial charge in [0.25, 0.3) is 0 Å². The predicted octanol–water partition coefficient (Wildman–Crippen LogP) is 6.39. The van der Waals surface area contributed by atoms with Gasteiger partial charge in [-0.1, -0.05) is 46.1 Å². The van der Waals surface area contributed by atoms with Crippen LogP contribution in [0.1, 0.15) is 30.4 Å². The molecule has 0 atom stereocenters. The molecule has 1 saturated heterocycles. The van der Waals surface area contributed by atoms with Crippen LogP contribution in [0.25, 0.3) is 0 Å². The number of benzene rings is 2. The van der Waals surface area contributed by atoms with Crippen molar-refractivity contribution in [2.75, 3.05) is 20.2 Å². The van der Waals surface area contributed by atoms with Crippen molar-refractivity contribution in [2.45, 2.75) is 36.5 Å². The highest BCUT2D eigenvalue weighted by Gasteiger charge is 2.15. The van der Waals surface area contributed by atoms with Crippen LogP contribution in [0.2, 0.25) is 5.02 Å². The van der Waals surface area contributed by atoms with Crippen molar-refractivity contribution in [2.24, 2.45) is 0 Å². The van der Waals surface area contributed by atoms with Gasteiger partial charge in [0.15, 0.2) is 0 Å². The Morgan fingerprint density at radius 2 is 1.92 bits per heavy atom. The van der Waals surface area contributed by atoms with Gasteiger partial charge in [-0.25, -0.2) is 0 Å². The summed E-state index contributed by atoms with van der Waals surface area (Å²) in [7, 11) is 1.72. The molecule has 0 aromatic heterocycles. The van der Waals surface area contributed by atoms with E-state index in [0.717, 1.165) is 27.5 Å². The molecule has 0 N–H and O–H groups in total. The number of ether oxygens (including phenoxy) is 1. The van der Waals surface area contributed by atoms with Crippen molar-refractivity contribution >= 4 is 39.3 Å². The first-order valence-corrected chi connectivity index (χ1v) is 10.8. The van der Waals surface area contributed by atoms with Gasteiger partial charge in [0.2, 0.25) is 0 Å². The molecule has 2 aromatic carbocycles. The van der Waals surface area contributed by atoms with Crippen LogP contribution in [0, 0.1) is 0 Å². The standard InChI is InChI=1S/C20H23BrClNOS/c1-24-19-9-8-17(21)12-16(19)14-25-20-15(6-5-7-18(20)22)13-23-10-3-2-4-11-23/h5-9,12H,2-4,10-11,13-14H2,1H3. The zero-order chi connectivity index (χ0) is 17.6. The second kappa shape index (κ2) is 9.31. The summed E-state index contributed by atoms with van der Waals surface area (Å²) < 4.78 is 6.56. The fraction of sp³-hybridized carbons (Fsp3) is 0.400. The largest absolute Gasteiger partial charge is 0.496 e. The predicted molar refractivity (Wildman–Crippen MR) is 111 cm³/mol. The zero-order valence-electron chi connectivity index (χ0n) is 14.4. The number of thioether (sulfide) groups is 1. The lowest BCUT2D eigenvalue weighted by Gasteiger charge is -2.27. The molecule has 3 rings (SSSR count). The maximum Gasteiger partial charge on any atom is 0.122 e. The Labute approximate surface area is 168 Å². The van der Waals surface area contributed by atoms with E-state index in [1.54, 1.807) is 18.9 Å². The maximum absolute atomic E-state index is 6.54. The van der Waals surface area contributed by atoms with E-state index >= 15 is 0 Å². The van der Waals surface area contributed by atoms with Crippen LogP contribution in [0.5, 0.6) is 5.75 Å². The SMILES string of the molecule is COc1ccc(Br)cc1CSc1c(Cl)cccc1CN1CCCCC1. The van der Waals surface area contributed by atoms with E-state index in [4.69, 9.17) is 16.3 Å². The van der Waals surface area contributed by atoms with Crippen molar-refractivity contribution in [1.82, 2.24) is 4.90 Å². The van der Waals surface area contributed by atoms with E-state index in [2.05, 4.69) is 39.0 Å². The van der Waals surface area contributed by atoms with E-state index in [1.807, 2.05) is 18.2 Å². The number of methoxy groups -OCH3 is 1. The Morgan fingerprint density at radius 1 is 1.12 bits per heavy atom. The topological polar surface area (TPSA) is 12.5 Å². The third kappa shape index (κ3) is 5.16. The normalized spacial score (nSPS) is 15.3. The van der Waals surface area contributed by atoms with E-state index < -0.39 is 0 Å². The fourth-order valence-corrected chi connectivity index (χ4v) is 5.02. The van der Waals surface area contributed by atoms with Crippen molar-refractivity contribution in [1.29, 1.82) is 0 Å².